The molecule has 0 aliphatic carbocycles. The molecule has 7 N–H and O–H groups in total. The van der Waals surface area contributed by atoms with Crippen molar-refractivity contribution < 1.29 is 64.7 Å². The quantitative estimate of drug-likeness (QED) is 0.0304. The number of rotatable bonds is 33. The molecular formula is C50H66BrF2N15O12S. The van der Waals surface area contributed by atoms with Crippen molar-refractivity contribution in [3.05, 3.63) is 77.0 Å². The van der Waals surface area contributed by atoms with Gasteiger partial charge in [-0.2, -0.15) is 15.0 Å². The molecule has 1 aliphatic heterocycles. The van der Waals surface area contributed by atoms with Crippen LogP contribution in [0.2, 0.25) is 0 Å². The van der Waals surface area contributed by atoms with Crippen LogP contribution in [0.4, 0.5) is 54.2 Å². The van der Waals surface area contributed by atoms with E-state index >= 15 is 4.39 Å². The summed E-state index contributed by atoms with van der Waals surface area (Å²) in [5, 5.41) is 16.3. The summed E-state index contributed by atoms with van der Waals surface area (Å²) in [6.07, 6.45) is 2.73. The van der Waals surface area contributed by atoms with Crippen LogP contribution in [-0.4, -0.2) is 184 Å². The number of nitrogens with zero attached hydrogens (tertiary/aromatic N) is 9. The monoisotopic (exact) mass is 1220 g/mol. The number of hydrogen-bond acceptors (Lipinski definition) is 22. The lowest BCUT2D eigenvalue weighted by molar-refractivity contribution is -0.0168. The normalized spacial score (nSPS) is 14.6. The number of benzene rings is 2. The van der Waals surface area contributed by atoms with Gasteiger partial charge in [0.25, 0.3) is 11.8 Å². The predicted molar refractivity (Wildman–Crippen MR) is 296 cm³/mol. The van der Waals surface area contributed by atoms with Gasteiger partial charge < -0.3 is 74.4 Å². The van der Waals surface area contributed by atoms with Gasteiger partial charge in [0.2, 0.25) is 21.9 Å². The van der Waals surface area contributed by atoms with Crippen LogP contribution in [0.25, 0.3) is 11.2 Å². The zero-order valence-electron chi connectivity index (χ0n) is 45.3. The van der Waals surface area contributed by atoms with Crippen molar-refractivity contribution in [3.63, 3.8) is 0 Å². The number of ether oxygens (including phenoxy) is 8. The summed E-state index contributed by atoms with van der Waals surface area (Å²) in [5.41, 5.74) is 6.43. The Kier molecular flexibility index (Phi) is 22.6. The number of sulfonamides is 1. The average Bonchev–Trinajstić information content (AvgIpc) is 4.12. The second-order valence-corrected chi connectivity index (χ2v) is 21.4. The van der Waals surface area contributed by atoms with E-state index in [0.717, 1.165) is 6.07 Å². The Bertz CT molecular complexity index is 3140. The molecule has 2 atom stereocenters. The Morgan fingerprint density at radius 2 is 1.43 bits per heavy atom. The molecule has 0 bridgehead atoms. The van der Waals surface area contributed by atoms with Crippen molar-refractivity contribution in [2.24, 2.45) is 12.8 Å². The molecule has 4 aromatic heterocycles. The first-order chi connectivity index (χ1) is 38.9. The number of methoxy groups -OCH3 is 1. The van der Waals surface area contributed by atoms with Gasteiger partial charge in [-0.3, -0.25) is 9.48 Å². The van der Waals surface area contributed by atoms with Crippen LogP contribution in [0.1, 0.15) is 31.1 Å². The fourth-order valence-electron chi connectivity index (χ4n) is 7.69. The van der Waals surface area contributed by atoms with E-state index in [1.54, 1.807) is 66.6 Å². The fourth-order valence-corrected chi connectivity index (χ4v) is 8.99. The second-order valence-electron chi connectivity index (χ2n) is 18.8. The van der Waals surface area contributed by atoms with Crippen molar-refractivity contribution in [2.75, 3.05) is 127 Å². The van der Waals surface area contributed by atoms with Crippen molar-refractivity contribution in [3.8, 4) is 5.88 Å². The largest absolute Gasteiger partial charge is 0.478 e. The Hall–Kier alpha value is -6.97. The number of primary amides is 1. The van der Waals surface area contributed by atoms with Gasteiger partial charge >= 0.3 is 6.09 Å². The van der Waals surface area contributed by atoms with E-state index in [-0.39, 0.29) is 66.7 Å². The highest BCUT2D eigenvalue weighted by Gasteiger charge is 2.37. The number of nitrogens with one attached hydrogen (secondary N) is 5. The van der Waals surface area contributed by atoms with Crippen LogP contribution in [0.5, 0.6) is 5.88 Å². The average molecular weight is 1220 g/mol. The lowest BCUT2D eigenvalue weighted by Gasteiger charge is -2.22. The Balaban J connectivity index is 0.683. The highest BCUT2D eigenvalue weighted by atomic mass is 79.9. The maximum atomic E-state index is 15.2. The van der Waals surface area contributed by atoms with Gasteiger partial charge in [0.1, 0.15) is 29.1 Å². The SMILES string of the molecule is COc1nn(CCOCCOCCOCCOCCOCCOCCNS(=O)(=O)c2ccc(Nc3ncc(Br)c(Nc4cccc(F)c4C(N)=O)n3)cc2)cc1Nc1nc(N2C[C@@H](F)[C@H](NC(=O)OC(C)(C)C)C2)nc2c1ncn2C. The number of alkyl carbamates (subject to hydrolysis) is 1. The van der Waals surface area contributed by atoms with Gasteiger partial charge in [-0.05, 0) is 73.1 Å². The van der Waals surface area contributed by atoms with Crippen molar-refractivity contribution in [2.45, 2.75) is 50.0 Å². The summed E-state index contributed by atoms with van der Waals surface area (Å²) < 4.78 is 106. The zero-order chi connectivity index (χ0) is 57.9. The molecule has 1 aliphatic rings. The molecule has 6 aromatic rings. The number of alkyl halides is 1. The first kappa shape index (κ1) is 61.6. The molecule has 5 heterocycles. The third-order valence-corrected chi connectivity index (χ3v) is 13.6. The minimum absolute atomic E-state index is 0.0338. The minimum Gasteiger partial charge on any atom is -0.478 e. The number of aromatic nitrogens is 8. The molecule has 1 fully saturated rings. The van der Waals surface area contributed by atoms with Crippen LogP contribution in [0.3, 0.4) is 0 Å². The molecule has 0 saturated carbocycles. The van der Waals surface area contributed by atoms with Gasteiger partial charge in [0, 0.05) is 32.0 Å². The van der Waals surface area contributed by atoms with E-state index in [4.69, 9.17) is 48.6 Å². The van der Waals surface area contributed by atoms with Gasteiger partial charge in [0.15, 0.2) is 17.0 Å². The molecule has 81 heavy (non-hydrogen) atoms. The van der Waals surface area contributed by atoms with E-state index in [0.29, 0.717) is 111 Å². The first-order valence-corrected chi connectivity index (χ1v) is 27.8. The van der Waals surface area contributed by atoms with E-state index in [9.17, 15) is 22.4 Å². The molecule has 440 valence electrons. The lowest BCUT2D eigenvalue weighted by Crippen LogP contribution is -2.44. The fraction of sp³-hybridized carbons (Fsp3) is 0.480. The summed E-state index contributed by atoms with van der Waals surface area (Å²) >= 11 is 3.33. The zero-order valence-corrected chi connectivity index (χ0v) is 47.7. The summed E-state index contributed by atoms with van der Waals surface area (Å²) in [6.45, 7) is 9.75. The number of carbonyl (C=O) groups is 2. The lowest BCUT2D eigenvalue weighted by atomic mass is 10.1. The number of fused-ring (bicyclic) bond motifs is 1. The van der Waals surface area contributed by atoms with E-state index in [2.05, 4.69) is 67.0 Å². The van der Waals surface area contributed by atoms with E-state index in [1.807, 2.05) is 0 Å². The standard InChI is InChI=1S/C50H66BrF2N15O12S/c1-50(2,3)80-49(70)61-38-29-67(28-36(38)53)48-63-44(41-45(64-48)66(4)31-56-41)60-39-30-68(65-46(39)73-5)14-16-75-18-20-77-22-24-79-26-25-78-23-21-76-19-17-74-15-13-57-81(71,72)33-11-9-32(10-12-33)58-47-55-27-34(51)43(62-47)59-37-8-6-7-35(52)40(37)42(54)69/h6-12,27,30-31,36,38,57H,13-26,28-29H2,1-5H3,(H2,54,69)(H,61,70)(H,60,63,64)(H2,55,58,59,62)/t36-,38-/m1/s1. The highest BCUT2D eigenvalue weighted by molar-refractivity contribution is 9.10. The second kappa shape index (κ2) is 29.7. The Morgan fingerprint density at radius 3 is 2.06 bits per heavy atom. The van der Waals surface area contributed by atoms with Crippen molar-refractivity contribution >= 4 is 89.7 Å². The number of amides is 2. The number of nitrogens with two attached hydrogens (primary N) is 1. The third kappa shape index (κ3) is 18.5. The Morgan fingerprint density at radius 1 is 0.802 bits per heavy atom. The number of imidazole rings is 1. The van der Waals surface area contributed by atoms with Gasteiger partial charge in [0.05, 0.1) is 139 Å². The van der Waals surface area contributed by atoms with Gasteiger partial charge in [-0.25, -0.2) is 36.7 Å². The molecule has 0 radical (unpaired) electrons. The summed E-state index contributed by atoms with van der Waals surface area (Å²) in [5.74, 6) is -0.449. The molecule has 27 nitrogen and oxygen atoms in total. The van der Waals surface area contributed by atoms with Crippen molar-refractivity contribution in [1.29, 1.82) is 0 Å². The van der Waals surface area contributed by atoms with Crippen LogP contribution >= 0.6 is 15.9 Å². The van der Waals surface area contributed by atoms with Gasteiger partial charge in [-0.1, -0.05) is 6.07 Å². The number of halogens is 3. The minimum atomic E-state index is -3.83. The molecular weight excluding hydrogens is 1150 g/mol. The van der Waals surface area contributed by atoms with E-state index < -0.39 is 45.7 Å². The third-order valence-electron chi connectivity index (χ3n) is 11.5. The molecule has 0 unspecified atom stereocenters. The summed E-state index contributed by atoms with van der Waals surface area (Å²) in [6, 6.07) is 9.12. The van der Waals surface area contributed by atoms with E-state index in [1.165, 1.54) is 37.6 Å². The predicted octanol–water partition coefficient (Wildman–Crippen LogP) is 4.72. The molecule has 1 saturated heterocycles. The number of hydrogen-bond donors (Lipinski definition) is 6. The molecule has 2 aromatic carbocycles. The van der Waals surface area contributed by atoms with Crippen LogP contribution in [-0.2, 0) is 56.8 Å². The molecule has 7 rings (SSSR count). The van der Waals surface area contributed by atoms with Crippen LogP contribution < -0.4 is 41.4 Å². The first-order valence-electron chi connectivity index (χ1n) is 25.5. The topological polar surface area (TPSA) is 319 Å². The molecule has 31 heteroatoms. The summed E-state index contributed by atoms with van der Waals surface area (Å²) in [7, 11) is -0.533. The smallest absolute Gasteiger partial charge is 0.408 e. The van der Waals surface area contributed by atoms with Crippen LogP contribution in [0.15, 0.2) is 70.6 Å². The van der Waals surface area contributed by atoms with Crippen molar-refractivity contribution in [1.82, 2.24) is 49.3 Å². The maximum Gasteiger partial charge on any atom is 0.408 e. The van der Waals surface area contributed by atoms with Crippen LogP contribution in [0, 0.1) is 5.82 Å². The number of carbonyl (C=O) groups excluding carboxylic acids is 2. The van der Waals surface area contributed by atoms with Gasteiger partial charge in [-0.15, -0.1) is 5.10 Å². The molecule has 2 amide bonds. The number of anilines is 7. The Labute approximate surface area is 474 Å². The number of aryl methyl sites for hydroxylation is 1. The maximum absolute atomic E-state index is 15.2. The summed E-state index contributed by atoms with van der Waals surface area (Å²) in [4.78, 5) is 48.3. The molecule has 0 spiro atoms. The highest BCUT2D eigenvalue weighted by Crippen LogP contribution is 2.32.